The monoisotopic (exact) mass is 570 g/mol. The summed E-state index contributed by atoms with van der Waals surface area (Å²) < 4.78 is 19.9. The number of rotatable bonds is 7. The number of benzene rings is 2. The van der Waals surface area contributed by atoms with Gasteiger partial charge in [-0.1, -0.05) is 24.0 Å². The molecule has 0 saturated carbocycles. The molecule has 0 bridgehead atoms. The van der Waals surface area contributed by atoms with Crippen LogP contribution in [0.1, 0.15) is 39.0 Å². The number of anilines is 2. The third kappa shape index (κ3) is 7.50. The van der Waals surface area contributed by atoms with E-state index in [2.05, 4.69) is 56.7 Å². The van der Waals surface area contributed by atoms with E-state index in [9.17, 15) is 14.0 Å². The SMILES string of the molecule is Cc1ccc(C(=O)Nc2ccc(CN3CC[C@H](N(C)C)C3)c(F)c2)cc1C#Cc1ccc(NC(=O)NC2COC2)nc1. The Hall–Kier alpha value is -4.30. The van der Waals surface area contributed by atoms with E-state index in [1.165, 1.54) is 6.07 Å². The number of hydrogen-bond donors (Lipinski definition) is 3. The molecule has 5 rings (SSSR count). The zero-order chi connectivity index (χ0) is 29.6. The Morgan fingerprint density at radius 3 is 2.60 bits per heavy atom. The van der Waals surface area contributed by atoms with Gasteiger partial charge in [-0.05, 0) is 69.4 Å². The fraction of sp³-hybridized carbons (Fsp3) is 0.344. The topological polar surface area (TPSA) is 98.8 Å². The Bertz CT molecular complexity index is 1510. The highest BCUT2D eigenvalue weighted by Gasteiger charge is 2.24. The number of likely N-dealkylation sites (N-methyl/N-ethyl adjacent to an activating group) is 1. The Labute approximate surface area is 245 Å². The zero-order valence-corrected chi connectivity index (χ0v) is 24.0. The van der Waals surface area contributed by atoms with Crippen LogP contribution in [0.2, 0.25) is 0 Å². The lowest BCUT2D eigenvalue weighted by Gasteiger charge is -2.26. The largest absolute Gasteiger partial charge is 0.377 e. The molecule has 2 aromatic carbocycles. The number of urea groups is 1. The molecule has 2 aliphatic rings. The summed E-state index contributed by atoms with van der Waals surface area (Å²) >= 11 is 0. The van der Waals surface area contributed by atoms with Crippen molar-refractivity contribution in [3.63, 3.8) is 0 Å². The summed E-state index contributed by atoms with van der Waals surface area (Å²) in [5, 5.41) is 8.27. The second-order valence-corrected chi connectivity index (χ2v) is 10.9. The van der Waals surface area contributed by atoms with Crippen LogP contribution in [0.25, 0.3) is 0 Å². The van der Waals surface area contributed by atoms with Crippen molar-refractivity contribution >= 4 is 23.4 Å². The molecule has 9 nitrogen and oxygen atoms in total. The molecular weight excluding hydrogens is 535 g/mol. The van der Waals surface area contributed by atoms with Crippen LogP contribution in [0.15, 0.2) is 54.7 Å². The van der Waals surface area contributed by atoms with Gasteiger partial charge in [-0.3, -0.25) is 15.0 Å². The quantitative estimate of drug-likeness (QED) is 0.374. The van der Waals surface area contributed by atoms with Gasteiger partial charge in [0.25, 0.3) is 5.91 Å². The second-order valence-electron chi connectivity index (χ2n) is 10.9. The van der Waals surface area contributed by atoms with Crippen molar-refractivity contribution in [1.29, 1.82) is 0 Å². The molecule has 3 heterocycles. The number of aromatic nitrogens is 1. The lowest BCUT2D eigenvalue weighted by atomic mass is 10.0. The van der Waals surface area contributed by atoms with Crippen LogP contribution in [0.5, 0.6) is 0 Å². The molecule has 0 spiro atoms. The molecule has 1 aromatic heterocycles. The smallest absolute Gasteiger partial charge is 0.320 e. The number of hydrogen-bond acceptors (Lipinski definition) is 6. The van der Waals surface area contributed by atoms with Crippen LogP contribution < -0.4 is 16.0 Å². The molecule has 10 heteroatoms. The van der Waals surface area contributed by atoms with Gasteiger partial charge in [-0.25, -0.2) is 14.2 Å². The molecule has 3 amide bonds. The van der Waals surface area contributed by atoms with E-state index in [1.807, 2.05) is 13.0 Å². The number of carbonyl (C=O) groups excluding carboxylic acids is 2. The van der Waals surface area contributed by atoms with E-state index in [-0.39, 0.29) is 23.8 Å². The molecule has 42 heavy (non-hydrogen) atoms. The summed E-state index contributed by atoms with van der Waals surface area (Å²) in [6, 6.07) is 13.7. The Balaban J connectivity index is 1.19. The average molecular weight is 571 g/mol. The molecule has 0 radical (unpaired) electrons. The Morgan fingerprint density at radius 1 is 1.10 bits per heavy atom. The van der Waals surface area contributed by atoms with Crippen LogP contribution in [0.4, 0.5) is 20.7 Å². The van der Waals surface area contributed by atoms with Crippen molar-refractivity contribution in [3.8, 4) is 11.8 Å². The van der Waals surface area contributed by atoms with Crippen molar-refractivity contribution in [2.45, 2.75) is 32.0 Å². The Kier molecular flexibility index (Phi) is 9.12. The fourth-order valence-corrected chi connectivity index (χ4v) is 4.81. The van der Waals surface area contributed by atoms with Crippen LogP contribution >= 0.6 is 0 Å². The van der Waals surface area contributed by atoms with Crippen LogP contribution in [-0.4, -0.2) is 79.2 Å². The molecule has 3 N–H and O–H groups in total. The second kappa shape index (κ2) is 13.1. The number of nitrogens with one attached hydrogen (secondary N) is 3. The first kappa shape index (κ1) is 29.2. The number of ether oxygens (including phenoxy) is 1. The van der Waals surface area contributed by atoms with Crippen LogP contribution in [0.3, 0.4) is 0 Å². The van der Waals surface area contributed by atoms with Crippen molar-refractivity contribution < 1.29 is 18.7 Å². The van der Waals surface area contributed by atoms with E-state index in [1.54, 1.807) is 42.6 Å². The summed E-state index contributed by atoms with van der Waals surface area (Å²) in [6.45, 7) is 5.34. The highest BCUT2D eigenvalue weighted by molar-refractivity contribution is 6.04. The highest BCUT2D eigenvalue weighted by atomic mass is 19.1. The molecule has 218 valence electrons. The molecule has 2 fully saturated rings. The predicted molar refractivity (Wildman–Crippen MR) is 160 cm³/mol. The number of pyridine rings is 1. The third-order valence-electron chi connectivity index (χ3n) is 7.50. The van der Waals surface area contributed by atoms with Gasteiger partial charge in [0.15, 0.2) is 0 Å². The average Bonchev–Trinajstić information content (AvgIpc) is 3.42. The lowest BCUT2D eigenvalue weighted by molar-refractivity contribution is 0.000731. The molecule has 2 aliphatic heterocycles. The van der Waals surface area contributed by atoms with Crippen LogP contribution in [0, 0.1) is 24.6 Å². The fourth-order valence-electron chi connectivity index (χ4n) is 4.81. The first-order valence-electron chi connectivity index (χ1n) is 14.0. The van der Waals surface area contributed by atoms with E-state index >= 15 is 0 Å². The summed E-state index contributed by atoms with van der Waals surface area (Å²) in [5.41, 5.74) is 3.69. The number of halogens is 1. The molecular formula is C32H35FN6O3. The Morgan fingerprint density at radius 2 is 1.93 bits per heavy atom. The van der Waals surface area contributed by atoms with E-state index in [0.29, 0.717) is 59.6 Å². The molecule has 0 aliphatic carbocycles. The lowest BCUT2D eigenvalue weighted by Crippen LogP contribution is -2.50. The van der Waals surface area contributed by atoms with Crippen molar-refractivity contribution in [2.24, 2.45) is 0 Å². The number of likely N-dealkylation sites (tertiary alicyclic amines) is 1. The molecule has 0 unspecified atom stereocenters. The number of amides is 3. The van der Waals surface area contributed by atoms with Gasteiger partial charge in [-0.2, -0.15) is 0 Å². The maximum atomic E-state index is 14.9. The van der Waals surface area contributed by atoms with Crippen LogP contribution in [-0.2, 0) is 11.3 Å². The van der Waals surface area contributed by atoms with E-state index in [4.69, 9.17) is 4.74 Å². The number of nitrogens with zero attached hydrogens (tertiary/aromatic N) is 3. The van der Waals surface area contributed by atoms with Gasteiger partial charge in [-0.15, -0.1) is 0 Å². The van der Waals surface area contributed by atoms with Gasteiger partial charge >= 0.3 is 6.03 Å². The van der Waals surface area contributed by atoms with E-state index in [0.717, 1.165) is 25.1 Å². The van der Waals surface area contributed by atoms with Gasteiger partial charge in [0.1, 0.15) is 11.6 Å². The summed E-state index contributed by atoms with van der Waals surface area (Å²) in [4.78, 5) is 33.7. The molecule has 2 saturated heterocycles. The normalized spacial score (nSPS) is 16.8. The number of carbonyl (C=O) groups is 2. The minimum atomic E-state index is -0.345. The maximum Gasteiger partial charge on any atom is 0.320 e. The minimum Gasteiger partial charge on any atom is -0.377 e. The first-order chi connectivity index (χ1) is 20.2. The third-order valence-corrected chi connectivity index (χ3v) is 7.50. The first-order valence-corrected chi connectivity index (χ1v) is 14.0. The van der Waals surface area contributed by atoms with Crippen molar-refractivity contribution in [2.75, 3.05) is 51.0 Å². The number of aryl methyl sites for hydroxylation is 1. The highest BCUT2D eigenvalue weighted by Crippen LogP contribution is 2.21. The zero-order valence-electron chi connectivity index (χ0n) is 24.0. The van der Waals surface area contributed by atoms with Gasteiger partial charge in [0, 0.05) is 59.8 Å². The van der Waals surface area contributed by atoms with Crippen molar-refractivity contribution in [1.82, 2.24) is 20.1 Å². The van der Waals surface area contributed by atoms with Gasteiger partial charge in [0.2, 0.25) is 0 Å². The minimum absolute atomic E-state index is 0.0272. The predicted octanol–water partition coefficient (Wildman–Crippen LogP) is 3.84. The van der Waals surface area contributed by atoms with Crippen molar-refractivity contribution in [3.05, 3.63) is 88.4 Å². The maximum absolute atomic E-state index is 14.9. The summed E-state index contributed by atoms with van der Waals surface area (Å²) in [6.07, 6.45) is 2.65. The summed E-state index contributed by atoms with van der Waals surface area (Å²) in [5.74, 6) is 5.89. The molecule has 1 atom stereocenters. The van der Waals surface area contributed by atoms with E-state index < -0.39 is 0 Å². The van der Waals surface area contributed by atoms with Gasteiger partial charge in [0.05, 0.1) is 19.3 Å². The molecule has 3 aromatic rings. The van der Waals surface area contributed by atoms with Gasteiger partial charge < -0.3 is 20.3 Å². The standard InChI is InChI=1S/C32H35FN6O3/c1-21-4-7-24(14-23(21)8-5-22-6-11-30(34-16-22)37-32(41)36-27-19-42-20-27)31(40)35-26-10-9-25(29(33)15-26)17-39-13-12-28(18-39)38(2)3/h4,6-7,9-11,14-16,27-28H,12-13,17-20H2,1-3H3,(H,35,40)(H2,34,36,37,41)/t28-/m0/s1. The summed E-state index contributed by atoms with van der Waals surface area (Å²) in [7, 11) is 4.14.